The van der Waals surface area contributed by atoms with Crippen LogP contribution in [0.2, 0.25) is 0 Å². The number of nitrogens with zero attached hydrogens (tertiary/aromatic N) is 1. The Kier molecular flexibility index (Phi) is 6.71. The average molecular weight is 521 g/mol. The van der Waals surface area contributed by atoms with Gasteiger partial charge in [0.05, 0.1) is 11.5 Å². The molecule has 1 unspecified atom stereocenters. The van der Waals surface area contributed by atoms with E-state index in [9.17, 15) is 14.7 Å². The van der Waals surface area contributed by atoms with Crippen molar-refractivity contribution in [1.82, 2.24) is 9.88 Å². The molecule has 0 bridgehead atoms. The molecule has 1 aliphatic carbocycles. The number of hydrogen-bond acceptors (Lipinski definition) is 2. The largest absolute Gasteiger partial charge is 0.481 e. The molecular weight excluding hydrogens is 484 g/mol. The van der Waals surface area contributed by atoms with Gasteiger partial charge in [0.1, 0.15) is 0 Å². The van der Waals surface area contributed by atoms with Crippen molar-refractivity contribution >= 4 is 28.4 Å². The molecular formula is C34H36N2O3. The summed E-state index contributed by atoms with van der Waals surface area (Å²) in [6, 6.07) is 20.0. The minimum atomic E-state index is -0.730. The maximum atomic E-state index is 13.2. The Bertz CT molecular complexity index is 1640. The van der Waals surface area contributed by atoms with E-state index in [1.165, 1.54) is 0 Å². The molecule has 200 valence electrons. The first-order valence-corrected chi connectivity index (χ1v) is 13.5. The van der Waals surface area contributed by atoms with Gasteiger partial charge in [-0.25, -0.2) is 0 Å². The molecule has 1 aliphatic rings. The molecule has 5 heteroatoms. The highest BCUT2D eigenvalue weighted by Crippen LogP contribution is 2.48. The minimum Gasteiger partial charge on any atom is -0.481 e. The number of carboxylic acids is 1. The van der Waals surface area contributed by atoms with Gasteiger partial charge in [0.2, 0.25) is 0 Å². The first kappa shape index (κ1) is 26.5. The summed E-state index contributed by atoms with van der Waals surface area (Å²) in [7, 11) is 0. The van der Waals surface area contributed by atoms with Gasteiger partial charge in [-0.15, -0.1) is 0 Å². The third-order valence-corrected chi connectivity index (χ3v) is 8.51. The molecule has 4 aromatic rings. The van der Waals surface area contributed by atoms with Gasteiger partial charge in [0, 0.05) is 28.7 Å². The Hall–Kier alpha value is -4.12. The number of amides is 1. The highest BCUT2D eigenvalue weighted by molar-refractivity contribution is 5.99. The normalized spacial score (nSPS) is 14.7. The zero-order valence-electron chi connectivity index (χ0n) is 23.4. The number of carbonyl (C=O) groups is 2. The topological polar surface area (TPSA) is 71.3 Å². The number of benzene rings is 3. The zero-order chi connectivity index (χ0) is 28.1. The maximum Gasteiger partial charge on any atom is 0.314 e. The Labute approximate surface area is 230 Å². The van der Waals surface area contributed by atoms with E-state index in [0.717, 1.165) is 55.6 Å². The molecule has 0 radical (unpaired) electrons. The van der Waals surface area contributed by atoms with Crippen molar-refractivity contribution in [2.75, 3.05) is 0 Å². The van der Waals surface area contributed by atoms with Crippen molar-refractivity contribution in [3.8, 4) is 0 Å². The van der Waals surface area contributed by atoms with Gasteiger partial charge in [-0.1, -0.05) is 48.6 Å². The molecule has 5 rings (SSSR count). The summed E-state index contributed by atoms with van der Waals surface area (Å²) in [6.45, 7) is 14.9. The van der Waals surface area contributed by atoms with Crippen LogP contribution in [0.3, 0.4) is 0 Å². The van der Waals surface area contributed by atoms with E-state index in [0.29, 0.717) is 24.9 Å². The number of hydrogen-bond donors (Lipinski definition) is 2. The molecule has 0 spiro atoms. The van der Waals surface area contributed by atoms with Gasteiger partial charge in [0.25, 0.3) is 5.91 Å². The monoisotopic (exact) mass is 520 g/mol. The van der Waals surface area contributed by atoms with E-state index in [1.54, 1.807) is 0 Å². The number of rotatable bonds is 8. The quantitative estimate of drug-likeness (QED) is 0.257. The standard InChI is InChI=1S/C34H36N2O3/c1-20(2)25-8-7-9-26(17-25)23(5)35-32(37)27-11-13-31-30(18-27)22(4)24(6)36(31)19-28-10-12-29(16-21(28)3)34(14-15-34)33(38)39/h7-13,16-18,23H,1,14-15,19H2,2-6H3,(H,35,37)(H,38,39). The van der Waals surface area contributed by atoms with Crippen LogP contribution in [0.4, 0.5) is 0 Å². The van der Waals surface area contributed by atoms with E-state index >= 15 is 0 Å². The van der Waals surface area contributed by atoms with Crippen LogP contribution in [0.5, 0.6) is 0 Å². The van der Waals surface area contributed by atoms with Gasteiger partial charge in [0.15, 0.2) is 0 Å². The van der Waals surface area contributed by atoms with E-state index in [-0.39, 0.29) is 11.9 Å². The second kappa shape index (κ2) is 9.88. The maximum absolute atomic E-state index is 13.2. The summed E-state index contributed by atoms with van der Waals surface area (Å²) in [5, 5.41) is 13.9. The predicted molar refractivity (Wildman–Crippen MR) is 157 cm³/mol. The number of carbonyl (C=O) groups excluding carboxylic acids is 1. The molecule has 39 heavy (non-hydrogen) atoms. The van der Waals surface area contributed by atoms with Crippen molar-refractivity contribution in [2.45, 2.75) is 65.5 Å². The first-order valence-electron chi connectivity index (χ1n) is 13.5. The van der Waals surface area contributed by atoms with Gasteiger partial charge in [-0.3, -0.25) is 9.59 Å². The SMILES string of the molecule is C=C(C)c1cccc(C(C)NC(=O)c2ccc3c(c2)c(C)c(C)n3Cc2ccc(C3(C(=O)O)CC3)cc2C)c1. The number of carboxylic acid groups (broad SMARTS) is 1. The molecule has 1 atom stereocenters. The molecule has 0 saturated heterocycles. The molecule has 1 aromatic heterocycles. The van der Waals surface area contributed by atoms with Crippen LogP contribution >= 0.6 is 0 Å². The van der Waals surface area contributed by atoms with Crippen molar-refractivity contribution in [2.24, 2.45) is 0 Å². The molecule has 1 saturated carbocycles. The fraction of sp³-hybridized carbons (Fsp3) is 0.294. The number of aryl methyl sites for hydroxylation is 2. The van der Waals surface area contributed by atoms with E-state index in [1.807, 2.05) is 62.4 Å². The van der Waals surface area contributed by atoms with Gasteiger partial charge in [-0.05, 0) is 105 Å². The third-order valence-electron chi connectivity index (χ3n) is 8.51. The van der Waals surface area contributed by atoms with E-state index in [4.69, 9.17) is 0 Å². The zero-order valence-corrected chi connectivity index (χ0v) is 23.4. The molecule has 2 N–H and O–H groups in total. The van der Waals surface area contributed by atoms with Crippen molar-refractivity contribution in [1.29, 1.82) is 0 Å². The van der Waals surface area contributed by atoms with Crippen molar-refractivity contribution in [3.63, 3.8) is 0 Å². The Morgan fingerprint density at radius 1 is 1.03 bits per heavy atom. The summed E-state index contributed by atoms with van der Waals surface area (Å²) in [4.78, 5) is 25.0. The number of nitrogens with one attached hydrogen (secondary N) is 1. The van der Waals surface area contributed by atoms with E-state index < -0.39 is 11.4 Å². The lowest BCUT2D eigenvalue weighted by atomic mass is 9.93. The third kappa shape index (κ3) is 4.78. The van der Waals surface area contributed by atoms with Crippen LogP contribution in [0, 0.1) is 20.8 Å². The summed E-state index contributed by atoms with van der Waals surface area (Å²) in [5.41, 5.74) is 9.59. The van der Waals surface area contributed by atoms with Crippen molar-refractivity contribution in [3.05, 3.63) is 112 Å². The van der Waals surface area contributed by atoms with Crippen LogP contribution in [-0.4, -0.2) is 21.6 Å². The summed E-state index contributed by atoms with van der Waals surface area (Å²) in [6.07, 6.45) is 1.41. The molecule has 1 heterocycles. The van der Waals surface area contributed by atoms with Gasteiger partial charge in [-0.2, -0.15) is 0 Å². The van der Waals surface area contributed by atoms with Crippen LogP contribution in [0.1, 0.15) is 82.2 Å². The van der Waals surface area contributed by atoms with Gasteiger partial charge >= 0.3 is 5.97 Å². The summed E-state index contributed by atoms with van der Waals surface area (Å²) in [5.74, 6) is -0.832. The molecule has 1 amide bonds. The first-order chi connectivity index (χ1) is 18.5. The fourth-order valence-electron chi connectivity index (χ4n) is 5.52. The Balaban J connectivity index is 1.39. The number of aromatic nitrogens is 1. The smallest absolute Gasteiger partial charge is 0.314 e. The van der Waals surface area contributed by atoms with Crippen LogP contribution in [0.25, 0.3) is 16.5 Å². The molecule has 5 nitrogen and oxygen atoms in total. The highest BCUT2D eigenvalue weighted by Gasteiger charge is 2.51. The second-order valence-corrected chi connectivity index (χ2v) is 11.2. The lowest BCUT2D eigenvalue weighted by Gasteiger charge is -2.16. The fourth-order valence-corrected chi connectivity index (χ4v) is 5.52. The van der Waals surface area contributed by atoms with Crippen LogP contribution in [0.15, 0.2) is 67.2 Å². The molecule has 0 aliphatic heterocycles. The van der Waals surface area contributed by atoms with Crippen LogP contribution in [-0.2, 0) is 16.8 Å². The minimum absolute atomic E-state index is 0.103. The number of allylic oxidation sites excluding steroid dienone is 1. The lowest BCUT2D eigenvalue weighted by molar-refractivity contribution is -0.140. The summed E-state index contributed by atoms with van der Waals surface area (Å²) >= 11 is 0. The Morgan fingerprint density at radius 2 is 1.77 bits per heavy atom. The van der Waals surface area contributed by atoms with Crippen molar-refractivity contribution < 1.29 is 14.7 Å². The lowest BCUT2D eigenvalue weighted by Crippen LogP contribution is -2.26. The van der Waals surface area contributed by atoms with Gasteiger partial charge < -0.3 is 15.0 Å². The average Bonchev–Trinajstić information content (AvgIpc) is 3.70. The Morgan fingerprint density at radius 3 is 2.41 bits per heavy atom. The highest BCUT2D eigenvalue weighted by atomic mass is 16.4. The second-order valence-electron chi connectivity index (χ2n) is 11.2. The molecule has 1 fully saturated rings. The number of aliphatic carboxylic acids is 1. The number of fused-ring (bicyclic) bond motifs is 1. The molecule has 3 aromatic carbocycles. The van der Waals surface area contributed by atoms with E-state index in [2.05, 4.69) is 49.4 Å². The predicted octanol–water partition coefficient (Wildman–Crippen LogP) is 7.26. The van der Waals surface area contributed by atoms with Crippen LogP contribution < -0.4 is 5.32 Å². The summed E-state index contributed by atoms with van der Waals surface area (Å²) < 4.78 is 2.28.